The second kappa shape index (κ2) is 8.16. The molecule has 0 radical (unpaired) electrons. The van der Waals surface area contributed by atoms with Crippen molar-refractivity contribution >= 4 is 27.8 Å². The van der Waals surface area contributed by atoms with E-state index in [0.717, 1.165) is 55.9 Å². The number of aromatic amines is 1. The molecule has 4 rings (SSSR count). The average Bonchev–Trinajstić information content (AvgIpc) is 3.11. The number of hydrogen-bond donors (Lipinski definition) is 2. The van der Waals surface area contributed by atoms with Crippen molar-refractivity contribution in [1.29, 1.82) is 0 Å². The molecule has 7 nitrogen and oxygen atoms in total. The van der Waals surface area contributed by atoms with Gasteiger partial charge in [-0.2, -0.15) is 0 Å². The molecule has 3 N–H and O–H groups in total. The number of rotatable bonds is 4. The number of piperidine rings is 1. The Hall–Kier alpha value is -1.64. The van der Waals surface area contributed by atoms with E-state index in [0.29, 0.717) is 24.1 Å². The average molecular weight is 435 g/mol. The molecule has 1 aromatic heterocycles. The van der Waals surface area contributed by atoms with Crippen molar-refractivity contribution in [1.82, 2.24) is 20.1 Å². The van der Waals surface area contributed by atoms with Crippen LogP contribution in [-0.4, -0.2) is 64.5 Å². The maximum Gasteiger partial charge on any atom is 0.226 e. The molecule has 146 valence electrons. The van der Waals surface area contributed by atoms with E-state index < -0.39 is 0 Å². The monoisotopic (exact) mass is 434 g/mol. The number of nitrogens with zero attached hydrogens (tertiary/aromatic N) is 4. The SMILES string of the molecule is C[C@H]1CN(C2CCN(c3nnc(N)[nH]3)CC2)[C@@H](Cc2ccc(Br)cc2)CO1. The van der Waals surface area contributed by atoms with Gasteiger partial charge in [-0.1, -0.05) is 28.1 Å². The van der Waals surface area contributed by atoms with Crippen molar-refractivity contribution in [2.75, 3.05) is 36.9 Å². The summed E-state index contributed by atoms with van der Waals surface area (Å²) < 4.78 is 7.12. The predicted molar refractivity (Wildman–Crippen MR) is 110 cm³/mol. The summed E-state index contributed by atoms with van der Waals surface area (Å²) in [5, 5.41) is 8.00. The number of morpholine rings is 1. The Morgan fingerprint density at radius 3 is 2.63 bits per heavy atom. The topological polar surface area (TPSA) is 83.3 Å². The van der Waals surface area contributed by atoms with Gasteiger partial charge in [-0.3, -0.25) is 9.88 Å². The molecule has 27 heavy (non-hydrogen) atoms. The van der Waals surface area contributed by atoms with Crippen molar-refractivity contribution in [2.24, 2.45) is 0 Å². The fraction of sp³-hybridized carbons (Fsp3) is 0.579. The maximum atomic E-state index is 6.00. The van der Waals surface area contributed by atoms with Gasteiger partial charge < -0.3 is 15.4 Å². The molecule has 0 amide bonds. The lowest BCUT2D eigenvalue weighted by atomic mass is 9.96. The van der Waals surface area contributed by atoms with Crippen LogP contribution in [0.15, 0.2) is 28.7 Å². The molecule has 2 aliphatic rings. The van der Waals surface area contributed by atoms with Gasteiger partial charge in [0.25, 0.3) is 0 Å². The predicted octanol–water partition coefficient (Wildman–Crippen LogP) is 2.45. The number of benzene rings is 1. The summed E-state index contributed by atoms with van der Waals surface area (Å²) >= 11 is 3.52. The van der Waals surface area contributed by atoms with E-state index >= 15 is 0 Å². The van der Waals surface area contributed by atoms with E-state index in [1.165, 1.54) is 5.56 Å². The molecule has 2 saturated heterocycles. The zero-order valence-electron chi connectivity index (χ0n) is 15.6. The maximum absolute atomic E-state index is 6.00. The first-order valence-electron chi connectivity index (χ1n) is 9.63. The lowest BCUT2D eigenvalue weighted by molar-refractivity contribution is -0.0745. The molecule has 0 spiro atoms. The fourth-order valence-electron chi connectivity index (χ4n) is 4.20. The minimum absolute atomic E-state index is 0.290. The van der Waals surface area contributed by atoms with E-state index in [1.54, 1.807) is 0 Å². The highest BCUT2D eigenvalue weighted by atomic mass is 79.9. The molecule has 2 aliphatic heterocycles. The van der Waals surface area contributed by atoms with E-state index in [-0.39, 0.29) is 0 Å². The summed E-state index contributed by atoms with van der Waals surface area (Å²) in [4.78, 5) is 7.96. The summed E-state index contributed by atoms with van der Waals surface area (Å²) in [5.74, 6) is 1.16. The van der Waals surface area contributed by atoms with Crippen molar-refractivity contribution in [3.8, 4) is 0 Å². The normalized spacial score (nSPS) is 25.0. The summed E-state index contributed by atoms with van der Waals surface area (Å²) in [6, 6.07) is 9.66. The van der Waals surface area contributed by atoms with Crippen LogP contribution in [-0.2, 0) is 11.2 Å². The first-order valence-corrected chi connectivity index (χ1v) is 10.4. The molecule has 2 aromatic rings. The van der Waals surface area contributed by atoms with Gasteiger partial charge in [0.15, 0.2) is 0 Å². The summed E-state index contributed by atoms with van der Waals surface area (Å²) in [5.41, 5.74) is 7.03. The lowest BCUT2D eigenvalue weighted by Crippen LogP contribution is -2.56. The highest BCUT2D eigenvalue weighted by molar-refractivity contribution is 9.10. The number of anilines is 2. The van der Waals surface area contributed by atoms with E-state index in [2.05, 4.69) is 72.1 Å². The molecule has 0 aliphatic carbocycles. The zero-order valence-corrected chi connectivity index (χ0v) is 17.2. The Morgan fingerprint density at radius 2 is 1.96 bits per heavy atom. The van der Waals surface area contributed by atoms with Gasteiger partial charge in [-0.05, 0) is 43.9 Å². The molecule has 3 heterocycles. The lowest BCUT2D eigenvalue weighted by Gasteiger charge is -2.46. The third-order valence-corrected chi connectivity index (χ3v) is 6.15. The highest BCUT2D eigenvalue weighted by Gasteiger charge is 2.34. The van der Waals surface area contributed by atoms with Gasteiger partial charge in [0.1, 0.15) is 0 Å². The third kappa shape index (κ3) is 4.44. The molecule has 0 saturated carbocycles. The molecule has 8 heteroatoms. The molecular formula is C19H27BrN6O. The van der Waals surface area contributed by atoms with Gasteiger partial charge in [0, 0.05) is 36.2 Å². The van der Waals surface area contributed by atoms with Gasteiger partial charge in [0.05, 0.1) is 12.7 Å². The van der Waals surface area contributed by atoms with Crippen LogP contribution in [0.4, 0.5) is 11.9 Å². The number of nitrogen functional groups attached to an aromatic ring is 1. The number of ether oxygens (including phenoxy) is 1. The fourth-order valence-corrected chi connectivity index (χ4v) is 4.47. The van der Waals surface area contributed by atoms with Crippen LogP contribution in [0.25, 0.3) is 0 Å². The quantitative estimate of drug-likeness (QED) is 0.768. The number of nitrogens with two attached hydrogens (primary N) is 1. The van der Waals surface area contributed by atoms with Crippen molar-refractivity contribution < 1.29 is 4.74 Å². The van der Waals surface area contributed by atoms with Gasteiger partial charge in [-0.25, -0.2) is 0 Å². The minimum atomic E-state index is 0.290. The smallest absolute Gasteiger partial charge is 0.226 e. The second-order valence-electron chi connectivity index (χ2n) is 7.58. The molecule has 0 bridgehead atoms. The van der Waals surface area contributed by atoms with Crippen LogP contribution >= 0.6 is 15.9 Å². The summed E-state index contributed by atoms with van der Waals surface area (Å²) in [6.45, 7) is 5.92. The Labute approximate surface area is 168 Å². The van der Waals surface area contributed by atoms with E-state index in [9.17, 15) is 0 Å². The highest BCUT2D eigenvalue weighted by Crippen LogP contribution is 2.26. The first kappa shape index (κ1) is 18.7. The Balaban J connectivity index is 1.41. The van der Waals surface area contributed by atoms with Crippen molar-refractivity contribution in [3.63, 3.8) is 0 Å². The number of H-pyrrole nitrogens is 1. The van der Waals surface area contributed by atoms with Crippen LogP contribution in [0.1, 0.15) is 25.3 Å². The molecule has 0 unspecified atom stereocenters. The van der Waals surface area contributed by atoms with Gasteiger partial charge >= 0.3 is 0 Å². The third-order valence-electron chi connectivity index (χ3n) is 5.62. The standard InChI is InChI=1S/C19H27BrN6O/c1-13-11-26(17(12-27-13)10-14-2-4-15(20)5-3-14)16-6-8-25(9-7-16)19-22-18(21)23-24-19/h2-5,13,16-17H,6-12H2,1H3,(H3,21,22,23,24)/t13-,17-/m0/s1. The van der Waals surface area contributed by atoms with Crippen LogP contribution in [0.3, 0.4) is 0 Å². The molecular weight excluding hydrogens is 408 g/mol. The number of aromatic nitrogens is 3. The van der Waals surface area contributed by atoms with Gasteiger partial charge in [0.2, 0.25) is 11.9 Å². The van der Waals surface area contributed by atoms with Crippen molar-refractivity contribution in [3.05, 3.63) is 34.3 Å². The number of halogens is 1. The molecule has 2 fully saturated rings. The summed E-state index contributed by atoms with van der Waals surface area (Å²) in [6.07, 6.45) is 3.55. The van der Waals surface area contributed by atoms with Crippen molar-refractivity contribution in [2.45, 2.75) is 44.4 Å². The Bertz CT molecular complexity index is 743. The van der Waals surface area contributed by atoms with Crippen LogP contribution in [0.5, 0.6) is 0 Å². The number of hydrogen-bond acceptors (Lipinski definition) is 6. The summed E-state index contributed by atoms with van der Waals surface area (Å²) in [7, 11) is 0. The second-order valence-corrected chi connectivity index (χ2v) is 8.49. The number of nitrogens with one attached hydrogen (secondary N) is 1. The Morgan fingerprint density at radius 1 is 1.22 bits per heavy atom. The largest absolute Gasteiger partial charge is 0.376 e. The van der Waals surface area contributed by atoms with Gasteiger partial charge in [-0.15, -0.1) is 10.2 Å². The Kier molecular flexibility index (Phi) is 5.66. The zero-order chi connectivity index (χ0) is 18.8. The van der Waals surface area contributed by atoms with E-state index in [4.69, 9.17) is 10.5 Å². The molecule has 2 atom stereocenters. The molecule has 1 aromatic carbocycles. The minimum Gasteiger partial charge on any atom is -0.376 e. The van der Waals surface area contributed by atoms with Crippen LogP contribution < -0.4 is 10.6 Å². The van der Waals surface area contributed by atoms with E-state index in [1.807, 2.05) is 0 Å². The first-order chi connectivity index (χ1) is 13.1. The van der Waals surface area contributed by atoms with Crippen LogP contribution in [0.2, 0.25) is 0 Å². The van der Waals surface area contributed by atoms with Crippen LogP contribution in [0, 0.1) is 0 Å².